The topological polar surface area (TPSA) is 38.8 Å². The quantitative estimate of drug-likeness (QED) is 0.556. The molecule has 74 valence electrons. The Morgan fingerprint density at radius 1 is 1.57 bits per heavy atom. The highest BCUT2D eigenvalue weighted by Gasteiger charge is 2.47. The summed E-state index contributed by atoms with van der Waals surface area (Å²) in [7, 11) is 1.35. The Balaban J connectivity index is 2.09. The van der Waals surface area contributed by atoms with E-state index in [1.807, 2.05) is 12.1 Å². The summed E-state index contributed by atoms with van der Waals surface area (Å²) >= 11 is 5.81. The maximum atomic E-state index is 11.1. The van der Waals surface area contributed by atoms with Crippen LogP contribution < -0.4 is 0 Å². The predicted molar refractivity (Wildman–Crippen MR) is 51.1 cm³/mol. The van der Waals surface area contributed by atoms with E-state index in [4.69, 9.17) is 16.3 Å². The van der Waals surface area contributed by atoms with E-state index < -0.39 is 6.10 Å². The van der Waals surface area contributed by atoms with E-state index in [1.165, 1.54) is 7.11 Å². The van der Waals surface area contributed by atoms with Crippen molar-refractivity contribution in [1.82, 2.24) is 0 Å². The maximum Gasteiger partial charge on any atom is 0.338 e. The molecule has 0 N–H and O–H groups in total. The first kappa shape index (κ1) is 9.49. The summed E-state index contributed by atoms with van der Waals surface area (Å²) in [5.41, 5.74) is 0.910. The minimum atomic E-state index is -0.460. The molecule has 0 aromatic heterocycles. The molecule has 3 nitrogen and oxygen atoms in total. The number of methoxy groups -OCH3 is 1. The van der Waals surface area contributed by atoms with Crippen LogP contribution in [0.4, 0.5) is 0 Å². The molecule has 1 aliphatic rings. The van der Waals surface area contributed by atoms with Crippen LogP contribution in [0, 0.1) is 0 Å². The van der Waals surface area contributed by atoms with Gasteiger partial charge in [-0.15, -0.1) is 0 Å². The lowest BCUT2D eigenvalue weighted by Gasteiger charge is -1.96. The molecule has 0 radical (unpaired) electrons. The van der Waals surface area contributed by atoms with E-state index in [-0.39, 0.29) is 12.1 Å². The summed E-state index contributed by atoms with van der Waals surface area (Å²) in [4.78, 5) is 11.1. The van der Waals surface area contributed by atoms with Crippen molar-refractivity contribution in [2.45, 2.75) is 12.2 Å². The lowest BCUT2D eigenvalue weighted by molar-refractivity contribution is -0.142. The largest absolute Gasteiger partial charge is 0.467 e. The van der Waals surface area contributed by atoms with E-state index in [9.17, 15) is 4.79 Å². The number of esters is 1. The molecule has 0 bridgehead atoms. The molecule has 1 saturated heterocycles. The van der Waals surface area contributed by atoms with Gasteiger partial charge >= 0.3 is 5.97 Å². The van der Waals surface area contributed by atoms with E-state index in [0.29, 0.717) is 5.02 Å². The van der Waals surface area contributed by atoms with Gasteiger partial charge in [-0.3, -0.25) is 0 Å². The molecular weight excluding hydrogens is 204 g/mol. The van der Waals surface area contributed by atoms with Gasteiger partial charge in [0, 0.05) is 5.02 Å². The van der Waals surface area contributed by atoms with Gasteiger partial charge in [0.15, 0.2) is 6.10 Å². The second-order valence-electron chi connectivity index (χ2n) is 3.06. The van der Waals surface area contributed by atoms with Crippen LogP contribution in [0.3, 0.4) is 0 Å². The normalized spacial score (nSPS) is 24.4. The van der Waals surface area contributed by atoms with Crippen molar-refractivity contribution in [3.8, 4) is 0 Å². The van der Waals surface area contributed by atoms with Crippen molar-refractivity contribution in [2.24, 2.45) is 0 Å². The Morgan fingerprint density at radius 2 is 2.36 bits per heavy atom. The van der Waals surface area contributed by atoms with Crippen LogP contribution in [0.15, 0.2) is 24.3 Å². The standard InChI is InChI=1S/C10H9ClO3/c1-13-10(12)9-8(14-9)6-3-2-4-7(11)5-6/h2-5,8-9H,1H3/t8-,9-/m0/s1. The average Bonchev–Trinajstić information content (AvgIpc) is 2.96. The SMILES string of the molecule is COC(=O)[C@H]1O[C@H]1c1cccc(Cl)c1. The summed E-state index contributed by atoms with van der Waals surface area (Å²) in [5, 5.41) is 0.640. The summed E-state index contributed by atoms with van der Waals surface area (Å²) in [6.07, 6.45) is -0.653. The number of carbonyl (C=O) groups is 1. The Kier molecular flexibility index (Phi) is 2.44. The lowest BCUT2D eigenvalue weighted by Crippen LogP contribution is -2.09. The molecule has 0 saturated carbocycles. The van der Waals surface area contributed by atoms with Gasteiger partial charge in [0.25, 0.3) is 0 Å². The third kappa shape index (κ3) is 1.74. The number of hydrogen-bond donors (Lipinski definition) is 0. The van der Waals surface area contributed by atoms with Crippen molar-refractivity contribution in [3.05, 3.63) is 34.9 Å². The van der Waals surface area contributed by atoms with E-state index in [2.05, 4.69) is 4.74 Å². The van der Waals surface area contributed by atoms with Crippen LogP contribution in [-0.2, 0) is 14.3 Å². The first-order chi connectivity index (χ1) is 6.72. The molecule has 1 fully saturated rings. The first-order valence-electron chi connectivity index (χ1n) is 4.21. The molecule has 14 heavy (non-hydrogen) atoms. The highest BCUT2D eigenvalue weighted by Crippen LogP contribution is 2.39. The molecule has 0 amide bonds. The molecule has 0 unspecified atom stereocenters. The first-order valence-corrected chi connectivity index (χ1v) is 4.59. The number of rotatable bonds is 2. The van der Waals surface area contributed by atoms with Gasteiger partial charge in [-0.2, -0.15) is 0 Å². The molecule has 1 aromatic rings. The predicted octanol–water partition coefficient (Wildman–Crippen LogP) is 1.95. The van der Waals surface area contributed by atoms with Gasteiger partial charge in [-0.05, 0) is 17.7 Å². The smallest absolute Gasteiger partial charge is 0.338 e. The highest BCUT2D eigenvalue weighted by molar-refractivity contribution is 6.30. The molecule has 1 aromatic carbocycles. The summed E-state index contributed by atoms with van der Waals surface area (Å²) in [6, 6.07) is 7.27. The van der Waals surface area contributed by atoms with Gasteiger partial charge in [-0.25, -0.2) is 4.79 Å². The third-order valence-corrected chi connectivity index (χ3v) is 2.34. The number of epoxide rings is 1. The van der Waals surface area contributed by atoms with Gasteiger partial charge in [-0.1, -0.05) is 23.7 Å². The van der Waals surface area contributed by atoms with Crippen molar-refractivity contribution in [3.63, 3.8) is 0 Å². The second kappa shape index (κ2) is 3.59. The van der Waals surface area contributed by atoms with Gasteiger partial charge < -0.3 is 9.47 Å². The third-order valence-electron chi connectivity index (χ3n) is 2.10. The van der Waals surface area contributed by atoms with Crippen LogP contribution in [0.1, 0.15) is 11.7 Å². The van der Waals surface area contributed by atoms with Crippen molar-refractivity contribution in [2.75, 3.05) is 7.11 Å². The number of ether oxygens (including phenoxy) is 2. The van der Waals surface area contributed by atoms with Gasteiger partial charge in [0.1, 0.15) is 6.10 Å². The average molecular weight is 213 g/mol. The number of benzene rings is 1. The number of carbonyl (C=O) groups excluding carboxylic acids is 1. The van der Waals surface area contributed by atoms with Crippen LogP contribution in [0.2, 0.25) is 5.02 Å². The molecule has 1 aliphatic heterocycles. The van der Waals surface area contributed by atoms with Crippen molar-refractivity contribution < 1.29 is 14.3 Å². The minimum absolute atomic E-state index is 0.193. The zero-order valence-electron chi connectivity index (χ0n) is 7.57. The fourth-order valence-electron chi connectivity index (χ4n) is 1.34. The Labute approximate surface area is 86.6 Å². The molecule has 0 aliphatic carbocycles. The zero-order valence-corrected chi connectivity index (χ0v) is 8.32. The minimum Gasteiger partial charge on any atom is -0.467 e. The zero-order chi connectivity index (χ0) is 10.1. The fraction of sp³-hybridized carbons (Fsp3) is 0.300. The van der Waals surface area contributed by atoms with E-state index >= 15 is 0 Å². The van der Waals surface area contributed by atoms with E-state index in [1.54, 1.807) is 12.1 Å². The summed E-state index contributed by atoms with van der Waals surface area (Å²) < 4.78 is 9.74. The second-order valence-corrected chi connectivity index (χ2v) is 3.49. The number of hydrogen-bond acceptors (Lipinski definition) is 3. The lowest BCUT2D eigenvalue weighted by atomic mass is 10.1. The Hall–Kier alpha value is -1.06. The van der Waals surface area contributed by atoms with Crippen molar-refractivity contribution in [1.29, 1.82) is 0 Å². The van der Waals surface area contributed by atoms with Crippen LogP contribution in [0.25, 0.3) is 0 Å². The monoisotopic (exact) mass is 212 g/mol. The van der Waals surface area contributed by atoms with Gasteiger partial charge in [0.05, 0.1) is 7.11 Å². The summed E-state index contributed by atoms with van der Waals surface area (Å²) in [6.45, 7) is 0. The Morgan fingerprint density at radius 3 is 3.00 bits per heavy atom. The van der Waals surface area contributed by atoms with Crippen molar-refractivity contribution >= 4 is 17.6 Å². The molecule has 1 heterocycles. The van der Waals surface area contributed by atoms with E-state index in [0.717, 1.165) is 5.56 Å². The molecule has 4 heteroatoms. The van der Waals surface area contributed by atoms with Crippen LogP contribution >= 0.6 is 11.6 Å². The maximum absolute atomic E-state index is 11.1. The molecule has 2 rings (SSSR count). The Bertz CT molecular complexity index is 364. The van der Waals surface area contributed by atoms with Crippen LogP contribution in [-0.4, -0.2) is 19.2 Å². The van der Waals surface area contributed by atoms with Gasteiger partial charge in [0.2, 0.25) is 0 Å². The molecule has 0 spiro atoms. The summed E-state index contributed by atoms with van der Waals surface area (Å²) in [5.74, 6) is -0.338. The number of halogens is 1. The highest BCUT2D eigenvalue weighted by atomic mass is 35.5. The van der Waals surface area contributed by atoms with Crippen LogP contribution in [0.5, 0.6) is 0 Å². The molecular formula is C10H9ClO3. The molecule has 2 atom stereocenters. The fourth-order valence-corrected chi connectivity index (χ4v) is 1.54.